The zero-order chi connectivity index (χ0) is 23.8. The fourth-order valence-electron chi connectivity index (χ4n) is 3.68. The summed E-state index contributed by atoms with van der Waals surface area (Å²) >= 11 is 0. The molecule has 0 amide bonds. The van der Waals surface area contributed by atoms with Gasteiger partial charge in [0.25, 0.3) is 5.69 Å². The number of benzene rings is 3. The number of ether oxygens (including phenoxy) is 3. The standard InChI is InChI=1S/C25H29N3O5/c1-31-22-6-4-5-20(11-22)16-27(15-19-9-7-18(14-26)8-10-19)17-21-12-24(32-2)25(33-3)13-23(21)28(29)30/h4-13H,14-17,26H2,1-3H3. The fraction of sp³-hybridized carbons (Fsp3) is 0.280. The average Bonchev–Trinajstić information content (AvgIpc) is 2.84. The van der Waals surface area contributed by atoms with Crippen LogP contribution < -0.4 is 19.9 Å². The predicted octanol–water partition coefficient (Wildman–Crippen LogP) is 4.28. The molecule has 0 fully saturated rings. The Morgan fingerprint density at radius 2 is 1.45 bits per heavy atom. The molecular weight excluding hydrogens is 422 g/mol. The summed E-state index contributed by atoms with van der Waals surface area (Å²) in [6, 6.07) is 18.9. The van der Waals surface area contributed by atoms with Crippen LogP contribution in [0.15, 0.2) is 60.7 Å². The predicted molar refractivity (Wildman–Crippen MR) is 126 cm³/mol. The van der Waals surface area contributed by atoms with Gasteiger partial charge in [0.05, 0.1) is 32.3 Å². The van der Waals surface area contributed by atoms with Crippen LogP contribution in [0.2, 0.25) is 0 Å². The van der Waals surface area contributed by atoms with E-state index in [9.17, 15) is 10.1 Å². The first-order valence-electron chi connectivity index (χ1n) is 10.5. The monoisotopic (exact) mass is 451 g/mol. The van der Waals surface area contributed by atoms with Crippen LogP contribution in [0.4, 0.5) is 5.69 Å². The highest BCUT2D eigenvalue weighted by atomic mass is 16.6. The summed E-state index contributed by atoms with van der Waals surface area (Å²) in [5.74, 6) is 1.54. The molecule has 0 spiro atoms. The van der Waals surface area contributed by atoms with Crippen LogP contribution in [0.1, 0.15) is 22.3 Å². The molecule has 0 radical (unpaired) electrons. The smallest absolute Gasteiger partial charge is 0.277 e. The molecule has 0 saturated carbocycles. The van der Waals surface area contributed by atoms with E-state index >= 15 is 0 Å². The van der Waals surface area contributed by atoms with Gasteiger partial charge in [0.1, 0.15) is 5.75 Å². The Kier molecular flexibility index (Phi) is 8.23. The minimum absolute atomic E-state index is 0.0122. The van der Waals surface area contributed by atoms with E-state index in [-0.39, 0.29) is 5.69 Å². The van der Waals surface area contributed by atoms with Gasteiger partial charge in [-0.1, -0.05) is 36.4 Å². The summed E-state index contributed by atoms with van der Waals surface area (Å²) in [6.45, 7) is 1.98. The maximum Gasteiger partial charge on any atom is 0.277 e. The van der Waals surface area contributed by atoms with Crippen molar-refractivity contribution in [3.63, 3.8) is 0 Å². The zero-order valence-electron chi connectivity index (χ0n) is 19.1. The van der Waals surface area contributed by atoms with E-state index in [0.29, 0.717) is 43.2 Å². The lowest BCUT2D eigenvalue weighted by Gasteiger charge is -2.23. The fourth-order valence-corrected chi connectivity index (χ4v) is 3.68. The minimum atomic E-state index is -0.392. The lowest BCUT2D eigenvalue weighted by atomic mass is 10.1. The molecule has 3 aromatic rings. The van der Waals surface area contributed by atoms with Crippen molar-refractivity contribution in [2.45, 2.75) is 26.2 Å². The highest BCUT2D eigenvalue weighted by molar-refractivity contribution is 5.54. The third-order valence-electron chi connectivity index (χ3n) is 5.38. The summed E-state index contributed by atoms with van der Waals surface area (Å²) in [5.41, 5.74) is 9.42. The van der Waals surface area contributed by atoms with Gasteiger partial charge in [-0.3, -0.25) is 15.0 Å². The zero-order valence-corrected chi connectivity index (χ0v) is 19.1. The molecule has 0 aromatic heterocycles. The second kappa shape index (κ2) is 11.3. The molecule has 174 valence electrons. The largest absolute Gasteiger partial charge is 0.497 e. The molecule has 0 bridgehead atoms. The van der Waals surface area contributed by atoms with Gasteiger partial charge < -0.3 is 19.9 Å². The van der Waals surface area contributed by atoms with E-state index in [1.54, 1.807) is 13.2 Å². The lowest BCUT2D eigenvalue weighted by molar-refractivity contribution is -0.385. The highest BCUT2D eigenvalue weighted by Crippen LogP contribution is 2.35. The normalized spacial score (nSPS) is 10.8. The first-order chi connectivity index (χ1) is 16.0. The second-order valence-electron chi connectivity index (χ2n) is 7.61. The Balaban J connectivity index is 1.96. The van der Waals surface area contributed by atoms with Crippen molar-refractivity contribution in [1.82, 2.24) is 4.90 Å². The van der Waals surface area contributed by atoms with E-state index in [1.807, 2.05) is 48.5 Å². The Morgan fingerprint density at radius 1 is 0.818 bits per heavy atom. The molecule has 0 heterocycles. The number of methoxy groups -OCH3 is 3. The molecule has 8 heteroatoms. The maximum absolute atomic E-state index is 11.8. The number of hydrogen-bond acceptors (Lipinski definition) is 7. The van der Waals surface area contributed by atoms with E-state index in [2.05, 4.69) is 4.90 Å². The minimum Gasteiger partial charge on any atom is -0.497 e. The van der Waals surface area contributed by atoms with Gasteiger partial charge in [-0.25, -0.2) is 0 Å². The summed E-state index contributed by atoms with van der Waals surface area (Å²) < 4.78 is 16.0. The van der Waals surface area contributed by atoms with E-state index in [0.717, 1.165) is 22.4 Å². The van der Waals surface area contributed by atoms with Crippen molar-refractivity contribution in [3.8, 4) is 17.2 Å². The van der Waals surface area contributed by atoms with Crippen LogP contribution in [-0.2, 0) is 26.2 Å². The molecule has 33 heavy (non-hydrogen) atoms. The quantitative estimate of drug-likeness (QED) is 0.343. The molecule has 2 N–H and O–H groups in total. The first kappa shape index (κ1) is 24.0. The van der Waals surface area contributed by atoms with Crippen LogP contribution in [0.5, 0.6) is 17.2 Å². The first-order valence-corrected chi connectivity index (χ1v) is 10.5. The van der Waals surface area contributed by atoms with Crippen molar-refractivity contribution in [3.05, 3.63) is 93.0 Å². The SMILES string of the molecule is COc1cccc(CN(Cc2ccc(CN)cc2)Cc2cc(OC)c(OC)cc2[N+](=O)[O-])c1. The molecule has 0 unspecified atom stereocenters. The van der Waals surface area contributed by atoms with Gasteiger partial charge in [0.15, 0.2) is 11.5 Å². The van der Waals surface area contributed by atoms with E-state index < -0.39 is 4.92 Å². The van der Waals surface area contributed by atoms with Crippen LogP contribution in [0.25, 0.3) is 0 Å². The third kappa shape index (κ3) is 6.21. The summed E-state index contributed by atoms with van der Waals surface area (Å²) in [6.07, 6.45) is 0. The molecule has 3 aromatic carbocycles. The average molecular weight is 452 g/mol. The number of nitro benzene ring substituents is 1. The van der Waals surface area contributed by atoms with Crippen molar-refractivity contribution < 1.29 is 19.1 Å². The Morgan fingerprint density at radius 3 is 2.06 bits per heavy atom. The molecule has 0 aliphatic heterocycles. The number of nitrogens with two attached hydrogens (primary N) is 1. The maximum atomic E-state index is 11.8. The Labute approximate surface area is 193 Å². The molecule has 8 nitrogen and oxygen atoms in total. The number of rotatable bonds is 11. The molecule has 0 aliphatic carbocycles. The van der Waals surface area contributed by atoms with Crippen LogP contribution in [0, 0.1) is 10.1 Å². The van der Waals surface area contributed by atoms with E-state index in [4.69, 9.17) is 19.9 Å². The van der Waals surface area contributed by atoms with Crippen LogP contribution in [0.3, 0.4) is 0 Å². The van der Waals surface area contributed by atoms with Crippen molar-refractivity contribution in [2.75, 3.05) is 21.3 Å². The molecule has 0 saturated heterocycles. The van der Waals surface area contributed by atoms with E-state index in [1.165, 1.54) is 20.3 Å². The van der Waals surface area contributed by atoms with Crippen LogP contribution in [-0.4, -0.2) is 31.2 Å². The lowest BCUT2D eigenvalue weighted by Crippen LogP contribution is -2.23. The molecule has 0 atom stereocenters. The summed E-state index contributed by atoms with van der Waals surface area (Å²) in [7, 11) is 4.60. The van der Waals surface area contributed by atoms with Crippen molar-refractivity contribution in [1.29, 1.82) is 0 Å². The van der Waals surface area contributed by atoms with Gasteiger partial charge >= 0.3 is 0 Å². The number of nitro groups is 1. The topological polar surface area (TPSA) is 100 Å². The van der Waals surface area contributed by atoms with Gasteiger partial charge in [-0.2, -0.15) is 0 Å². The van der Waals surface area contributed by atoms with Crippen molar-refractivity contribution in [2.24, 2.45) is 5.73 Å². The number of nitrogens with zero attached hydrogens (tertiary/aromatic N) is 2. The third-order valence-corrected chi connectivity index (χ3v) is 5.38. The number of hydrogen-bond donors (Lipinski definition) is 1. The molecular formula is C25H29N3O5. The summed E-state index contributed by atoms with van der Waals surface area (Å²) in [4.78, 5) is 13.6. The van der Waals surface area contributed by atoms with Gasteiger partial charge in [0, 0.05) is 31.7 Å². The molecule has 0 aliphatic rings. The van der Waals surface area contributed by atoms with Gasteiger partial charge in [-0.05, 0) is 34.9 Å². The molecule has 3 rings (SSSR count). The van der Waals surface area contributed by atoms with Gasteiger partial charge in [-0.15, -0.1) is 0 Å². The Bertz CT molecular complexity index is 1090. The van der Waals surface area contributed by atoms with Crippen molar-refractivity contribution >= 4 is 5.69 Å². The van der Waals surface area contributed by atoms with Gasteiger partial charge in [0.2, 0.25) is 0 Å². The summed E-state index contributed by atoms with van der Waals surface area (Å²) in [5, 5.41) is 11.8. The second-order valence-corrected chi connectivity index (χ2v) is 7.61. The Hall–Kier alpha value is -3.62. The van der Waals surface area contributed by atoms with Crippen LogP contribution >= 0.6 is 0 Å². The highest BCUT2D eigenvalue weighted by Gasteiger charge is 2.22.